The lowest BCUT2D eigenvalue weighted by molar-refractivity contribution is 0.291. The zero-order valence-corrected chi connectivity index (χ0v) is 12.1. The lowest BCUT2D eigenvalue weighted by atomic mass is 10.3. The number of nitrogen functional groups attached to an aromatic ring is 1. The molecule has 1 heterocycles. The first-order valence-corrected chi connectivity index (χ1v) is 6.60. The van der Waals surface area contributed by atoms with Crippen LogP contribution in [0.3, 0.4) is 0 Å². The lowest BCUT2D eigenvalue weighted by Gasteiger charge is -2.06. The molecule has 2 aromatic rings. The maximum absolute atomic E-state index is 5.62. The predicted molar refractivity (Wildman–Crippen MR) is 74.0 cm³/mol. The fourth-order valence-electron chi connectivity index (χ4n) is 1.34. The first-order chi connectivity index (χ1) is 8.15. The van der Waals surface area contributed by atoms with Crippen molar-refractivity contribution in [2.75, 3.05) is 12.3 Å². The van der Waals surface area contributed by atoms with E-state index in [0.717, 1.165) is 14.7 Å². The van der Waals surface area contributed by atoms with E-state index in [1.165, 1.54) is 0 Å². The number of hydrogen-bond acceptors (Lipinski definition) is 3. The Bertz CT molecular complexity index is 494. The minimum Gasteiger partial charge on any atom is -0.492 e. The van der Waals surface area contributed by atoms with Gasteiger partial charge in [0.15, 0.2) is 5.82 Å². The summed E-state index contributed by atoms with van der Waals surface area (Å²) >= 11 is 6.70. The molecule has 0 fully saturated rings. The van der Waals surface area contributed by atoms with Crippen LogP contribution < -0.4 is 10.5 Å². The van der Waals surface area contributed by atoms with Gasteiger partial charge in [-0.05, 0) is 34.1 Å². The SMILES string of the molecule is Nc1nn(CCOc2cccc(Br)c2)cc1Br. The van der Waals surface area contributed by atoms with Crippen molar-refractivity contribution in [3.05, 3.63) is 39.4 Å². The Balaban J connectivity index is 1.87. The highest BCUT2D eigenvalue weighted by Gasteiger charge is 2.02. The summed E-state index contributed by atoms with van der Waals surface area (Å²) in [6, 6.07) is 7.73. The minimum atomic E-state index is 0.493. The molecule has 17 heavy (non-hydrogen) atoms. The highest BCUT2D eigenvalue weighted by Crippen LogP contribution is 2.18. The number of aromatic nitrogens is 2. The van der Waals surface area contributed by atoms with E-state index in [1.807, 2.05) is 30.5 Å². The van der Waals surface area contributed by atoms with Gasteiger partial charge in [-0.15, -0.1) is 0 Å². The van der Waals surface area contributed by atoms with Crippen molar-refractivity contribution in [2.24, 2.45) is 0 Å². The molecule has 0 radical (unpaired) electrons. The fraction of sp³-hybridized carbons (Fsp3) is 0.182. The van der Waals surface area contributed by atoms with E-state index in [-0.39, 0.29) is 0 Å². The van der Waals surface area contributed by atoms with Crippen molar-refractivity contribution in [1.29, 1.82) is 0 Å². The molecule has 0 atom stereocenters. The normalized spacial score (nSPS) is 10.5. The molecule has 2 rings (SSSR count). The summed E-state index contributed by atoms with van der Waals surface area (Å²) in [5, 5.41) is 4.12. The Morgan fingerprint density at radius 2 is 2.18 bits per heavy atom. The molecule has 0 amide bonds. The smallest absolute Gasteiger partial charge is 0.159 e. The molecule has 0 bridgehead atoms. The highest BCUT2D eigenvalue weighted by atomic mass is 79.9. The molecule has 0 aliphatic heterocycles. The maximum atomic E-state index is 5.62. The van der Waals surface area contributed by atoms with E-state index in [9.17, 15) is 0 Å². The van der Waals surface area contributed by atoms with Crippen LogP contribution in [0.1, 0.15) is 0 Å². The summed E-state index contributed by atoms with van der Waals surface area (Å²) in [5.41, 5.74) is 5.62. The summed E-state index contributed by atoms with van der Waals surface area (Å²) in [5.74, 6) is 1.33. The number of ether oxygens (including phenoxy) is 1. The fourth-order valence-corrected chi connectivity index (χ4v) is 2.03. The molecule has 4 nitrogen and oxygen atoms in total. The Kier molecular flexibility index (Phi) is 4.06. The summed E-state index contributed by atoms with van der Waals surface area (Å²) < 4.78 is 9.15. The van der Waals surface area contributed by atoms with E-state index < -0.39 is 0 Å². The van der Waals surface area contributed by atoms with Gasteiger partial charge in [0.2, 0.25) is 0 Å². The molecule has 2 N–H and O–H groups in total. The maximum Gasteiger partial charge on any atom is 0.159 e. The van der Waals surface area contributed by atoms with Gasteiger partial charge in [0.1, 0.15) is 12.4 Å². The summed E-state index contributed by atoms with van der Waals surface area (Å²) in [7, 11) is 0. The van der Waals surface area contributed by atoms with Gasteiger partial charge in [0, 0.05) is 10.7 Å². The number of halogens is 2. The minimum absolute atomic E-state index is 0.493. The van der Waals surface area contributed by atoms with Crippen LogP contribution in [-0.4, -0.2) is 16.4 Å². The Morgan fingerprint density at radius 1 is 1.35 bits per heavy atom. The molecular weight excluding hydrogens is 350 g/mol. The van der Waals surface area contributed by atoms with Gasteiger partial charge < -0.3 is 10.5 Å². The number of hydrogen-bond donors (Lipinski definition) is 1. The zero-order chi connectivity index (χ0) is 12.3. The number of anilines is 1. The van der Waals surface area contributed by atoms with Gasteiger partial charge in [-0.1, -0.05) is 22.0 Å². The molecule has 1 aromatic heterocycles. The Labute approximate surface area is 116 Å². The largest absolute Gasteiger partial charge is 0.492 e. The monoisotopic (exact) mass is 359 g/mol. The number of nitrogens with two attached hydrogens (primary N) is 1. The second-order valence-electron chi connectivity index (χ2n) is 3.43. The van der Waals surface area contributed by atoms with E-state index >= 15 is 0 Å². The third kappa shape index (κ3) is 3.47. The second kappa shape index (κ2) is 5.55. The Hall–Kier alpha value is -1.01. The third-order valence-electron chi connectivity index (χ3n) is 2.13. The second-order valence-corrected chi connectivity index (χ2v) is 5.20. The molecule has 0 aliphatic rings. The molecule has 1 aromatic carbocycles. The average Bonchev–Trinajstić information content (AvgIpc) is 2.58. The van der Waals surface area contributed by atoms with Gasteiger partial charge in [-0.25, -0.2) is 0 Å². The van der Waals surface area contributed by atoms with E-state index in [1.54, 1.807) is 4.68 Å². The summed E-state index contributed by atoms with van der Waals surface area (Å²) in [4.78, 5) is 0. The van der Waals surface area contributed by atoms with Crippen LogP contribution in [0.5, 0.6) is 5.75 Å². The van der Waals surface area contributed by atoms with Crippen LogP contribution in [0.2, 0.25) is 0 Å². The average molecular weight is 361 g/mol. The quantitative estimate of drug-likeness (QED) is 0.911. The molecule has 6 heteroatoms. The van der Waals surface area contributed by atoms with Crippen LogP contribution in [0.25, 0.3) is 0 Å². The number of nitrogens with zero attached hydrogens (tertiary/aromatic N) is 2. The number of benzene rings is 1. The molecule has 0 saturated heterocycles. The summed E-state index contributed by atoms with van der Waals surface area (Å²) in [6.07, 6.45) is 1.83. The molecule has 0 saturated carbocycles. The van der Waals surface area contributed by atoms with Gasteiger partial charge in [0.25, 0.3) is 0 Å². The van der Waals surface area contributed by atoms with Crippen molar-refractivity contribution < 1.29 is 4.74 Å². The van der Waals surface area contributed by atoms with Crippen molar-refractivity contribution in [1.82, 2.24) is 9.78 Å². The standard InChI is InChI=1S/C11H11Br2N3O/c12-8-2-1-3-9(6-8)17-5-4-16-7-10(13)11(14)15-16/h1-3,6-7H,4-5H2,(H2,14,15). The number of rotatable bonds is 4. The highest BCUT2D eigenvalue weighted by molar-refractivity contribution is 9.10. The predicted octanol–water partition coefficient (Wildman–Crippen LogP) is 3.07. The van der Waals surface area contributed by atoms with Gasteiger partial charge in [-0.2, -0.15) is 5.10 Å². The Morgan fingerprint density at radius 3 is 2.82 bits per heavy atom. The van der Waals surface area contributed by atoms with E-state index in [4.69, 9.17) is 10.5 Å². The van der Waals surface area contributed by atoms with Gasteiger partial charge >= 0.3 is 0 Å². The van der Waals surface area contributed by atoms with Crippen LogP contribution in [0, 0.1) is 0 Å². The van der Waals surface area contributed by atoms with Crippen LogP contribution in [0.15, 0.2) is 39.4 Å². The van der Waals surface area contributed by atoms with Crippen molar-refractivity contribution in [2.45, 2.75) is 6.54 Å². The van der Waals surface area contributed by atoms with Crippen LogP contribution >= 0.6 is 31.9 Å². The zero-order valence-electron chi connectivity index (χ0n) is 8.94. The van der Waals surface area contributed by atoms with E-state index in [2.05, 4.69) is 37.0 Å². The molecular formula is C11H11Br2N3O. The van der Waals surface area contributed by atoms with Crippen LogP contribution in [-0.2, 0) is 6.54 Å². The lowest BCUT2D eigenvalue weighted by Crippen LogP contribution is -2.08. The van der Waals surface area contributed by atoms with Crippen molar-refractivity contribution >= 4 is 37.7 Å². The van der Waals surface area contributed by atoms with E-state index in [0.29, 0.717) is 19.0 Å². The van der Waals surface area contributed by atoms with Crippen molar-refractivity contribution in [3.63, 3.8) is 0 Å². The molecule has 90 valence electrons. The van der Waals surface area contributed by atoms with Gasteiger partial charge in [0.05, 0.1) is 11.0 Å². The molecule has 0 aliphatic carbocycles. The van der Waals surface area contributed by atoms with Crippen LogP contribution in [0.4, 0.5) is 5.82 Å². The molecule has 0 spiro atoms. The topological polar surface area (TPSA) is 53.1 Å². The van der Waals surface area contributed by atoms with Gasteiger partial charge in [-0.3, -0.25) is 4.68 Å². The first-order valence-electron chi connectivity index (χ1n) is 5.02. The molecule has 0 unspecified atom stereocenters. The van der Waals surface area contributed by atoms with Crippen molar-refractivity contribution in [3.8, 4) is 5.75 Å². The summed E-state index contributed by atoms with van der Waals surface area (Å²) in [6.45, 7) is 1.20. The first kappa shape index (κ1) is 12.4. The third-order valence-corrected chi connectivity index (χ3v) is 3.23.